The molecule has 0 amide bonds. The molecule has 0 aliphatic heterocycles. The predicted molar refractivity (Wildman–Crippen MR) is 162 cm³/mol. The molecule has 0 aromatic rings. The minimum Gasteiger partial charge on any atom is -0.550 e. The van der Waals surface area contributed by atoms with Gasteiger partial charge in [-0.1, -0.05) is 95.3 Å². The van der Waals surface area contributed by atoms with Crippen molar-refractivity contribution in [2.75, 3.05) is 0 Å². The van der Waals surface area contributed by atoms with Crippen LogP contribution < -0.4 is 15.3 Å². The molecule has 7 heteroatoms. The Balaban J connectivity index is -0.000000240. The van der Waals surface area contributed by atoms with Crippen molar-refractivity contribution < 1.29 is 29.7 Å². The quantitative estimate of drug-likeness (QED) is 0.0656. The fraction of sp³-hybridized carbons (Fsp3) is 0.727. The molecule has 6 nitrogen and oxygen atoms in total. The number of carbonyl (C=O) groups is 3. The standard InChI is InChI=1S/3C11H20O2.Ga/c3*1-2-3-4-5-6-7-8-9-10-11(12)13;/h3*2H,1,3-10H2,(H,12,13);/q;;;+3/p-3. The van der Waals surface area contributed by atoms with Crippen LogP contribution in [0.5, 0.6) is 0 Å². The van der Waals surface area contributed by atoms with Gasteiger partial charge in [-0.25, -0.2) is 0 Å². The molecule has 0 unspecified atom stereocenters. The van der Waals surface area contributed by atoms with Crippen LogP contribution in [0, 0.1) is 0 Å². The van der Waals surface area contributed by atoms with Crippen molar-refractivity contribution in [3.63, 3.8) is 0 Å². The van der Waals surface area contributed by atoms with E-state index in [9.17, 15) is 29.7 Å². The number of aliphatic carboxylic acids is 3. The Hall–Kier alpha value is -1.73. The van der Waals surface area contributed by atoms with Gasteiger partial charge in [-0.2, -0.15) is 0 Å². The maximum absolute atomic E-state index is 10.1. The van der Waals surface area contributed by atoms with E-state index in [2.05, 4.69) is 19.7 Å². The number of unbranched alkanes of at least 4 members (excludes halogenated alkanes) is 18. The van der Waals surface area contributed by atoms with Gasteiger partial charge in [0.1, 0.15) is 0 Å². The first-order valence-corrected chi connectivity index (χ1v) is 15.2. The van der Waals surface area contributed by atoms with Gasteiger partial charge in [-0.15, -0.1) is 19.7 Å². The van der Waals surface area contributed by atoms with Gasteiger partial charge in [0.2, 0.25) is 0 Å². The molecule has 0 aromatic heterocycles. The van der Waals surface area contributed by atoms with E-state index in [0.29, 0.717) is 0 Å². The van der Waals surface area contributed by atoms with E-state index in [0.717, 1.165) is 77.0 Å². The zero-order valence-electron chi connectivity index (χ0n) is 25.4. The van der Waals surface area contributed by atoms with Gasteiger partial charge in [0.05, 0.1) is 0 Å². The second-order valence-corrected chi connectivity index (χ2v) is 9.96. The van der Waals surface area contributed by atoms with Crippen LogP contribution in [-0.4, -0.2) is 37.7 Å². The molecule has 0 saturated heterocycles. The SMILES string of the molecule is C=CCCCCCCCCC(=O)[O-].C=CCCCCCCCCC(=O)[O-].C=CCCCCCCCCC(=O)[O-].[Ga+3]. The van der Waals surface area contributed by atoms with Gasteiger partial charge in [0, 0.05) is 17.9 Å². The van der Waals surface area contributed by atoms with Crippen molar-refractivity contribution in [2.45, 2.75) is 154 Å². The first-order chi connectivity index (χ1) is 18.8. The summed E-state index contributed by atoms with van der Waals surface area (Å²) in [5.74, 6) is -2.77. The summed E-state index contributed by atoms with van der Waals surface area (Å²) in [7, 11) is 0. The molecule has 0 N–H and O–H groups in total. The third-order valence-corrected chi connectivity index (χ3v) is 6.12. The number of carboxylic acids is 3. The fourth-order valence-corrected chi connectivity index (χ4v) is 3.80. The molecule has 0 rings (SSSR count). The molecule has 0 atom stereocenters. The third-order valence-electron chi connectivity index (χ3n) is 6.12. The van der Waals surface area contributed by atoms with Crippen molar-refractivity contribution in [2.24, 2.45) is 0 Å². The second kappa shape index (κ2) is 41.7. The van der Waals surface area contributed by atoms with E-state index in [-0.39, 0.29) is 39.1 Å². The van der Waals surface area contributed by atoms with E-state index in [1.807, 2.05) is 18.2 Å². The van der Waals surface area contributed by atoms with Crippen LogP contribution in [0.3, 0.4) is 0 Å². The van der Waals surface area contributed by atoms with E-state index in [4.69, 9.17) is 0 Å². The number of hydrogen-bond acceptors (Lipinski definition) is 6. The van der Waals surface area contributed by atoms with Crippen LogP contribution >= 0.6 is 0 Å². The topological polar surface area (TPSA) is 120 Å². The smallest absolute Gasteiger partial charge is 0.550 e. The summed E-state index contributed by atoms with van der Waals surface area (Å²) in [6.45, 7) is 11.0. The average Bonchev–Trinajstić information content (AvgIpc) is 2.89. The summed E-state index contributed by atoms with van der Waals surface area (Å²) in [5.41, 5.74) is 0. The van der Waals surface area contributed by atoms with Gasteiger partial charge >= 0.3 is 19.8 Å². The molecule has 0 saturated carbocycles. The fourth-order valence-electron chi connectivity index (χ4n) is 3.80. The summed E-state index contributed by atoms with van der Waals surface area (Å²) in [6.07, 6.45) is 29.5. The van der Waals surface area contributed by atoms with Crippen LogP contribution in [0.15, 0.2) is 38.0 Å². The van der Waals surface area contributed by atoms with E-state index < -0.39 is 17.9 Å². The molecule has 0 spiro atoms. The summed E-state index contributed by atoms with van der Waals surface area (Å²) in [4.78, 5) is 30.2. The van der Waals surface area contributed by atoms with Gasteiger partial charge in [-0.05, 0) is 77.0 Å². The minimum absolute atomic E-state index is 0. The van der Waals surface area contributed by atoms with Crippen LogP contribution in [0.2, 0.25) is 0 Å². The Morgan fingerprint density at radius 2 is 0.550 bits per heavy atom. The average molecular weight is 620 g/mol. The Kier molecular flexibility index (Phi) is 47.2. The van der Waals surface area contributed by atoms with Crippen LogP contribution in [-0.2, 0) is 14.4 Å². The van der Waals surface area contributed by atoms with Gasteiger partial charge in [-0.3, -0.25) is 0 Å². The third kappa shape index (κ3) is 56.5. The van der Waals surface area contributed by atoms with Gasteiger partial charge in [0.25, 0.3) is 0 Å². The van der Waals surface area contributed by atoms with Crippen molar-refractivity contribution in [1.82, 2.24) is 0 Å². The summed E-state index contributed by atoms with van der Waals surface area (Å²) < 4.78 is 0. The van der Waals surface area contributed by atoms with Crippen molar-refractivity contribution in [3.05, 3.63) is 38.0 Å². The normalized spacial score (nSPS) is 9.60. The monoisotopic (exact) mass is 618 g/mol. The molecule has 40 heavy (non-hydrogen) atoms. The van der Waals surface area contributed by atoms with Crippen LogP contribution in [0.1, 0.15) is 154 Å². The van der Waals surface area contributed by atoms with E-state index in [1.165, 1.54) is 57.8 Å². The molecule has 0 aromatic carbocycles. The largest absolute Gasteiger partial charge is 3.00 e. The number of rotatable bonds is 27. The zero-order valence-corrected chi connectivity index (χ0v) is 27.8. The van der Waals surface area contributed by atoms with Crippen molar-refractivity contribution in [1.29, 1.82) is 0 Å². The van der Waals surface area contributed by atoms with Gasteiger partial charge in [0.15, 0.2) is 0 Å². The Labute approximate surface area is 258 Å². The number of carbonyl (C=O) groups excluding carboxylic acids is 3. The van der Waals surface area contributed by atoms with E-state index in [1.54, 1.807) is 0 Å². The first kappa shape index (κ1) is 45.3. The summed E-state index contributed by atoms with van der Waals surface area (Å²) in [5, 5.41) is 30.2. The molecule has 228 valence electrons. The molecule has 0 fully saturated rings. The molecule has 0 aliphatic carbocycles. The molecular weight excluding hydrogens is 562 g/mol. The second-order valence-electron chi connectivity index (χ2n) is 9.96. The number of carboxylic acid groups (broad SMARTS) is 3. The summed E-state index contributed by atoms with van der Waals surface area (Å²) >= 11 is 0. The van der Waals surface area contributed by atoms with Crippen molar-refractivity contribution in [3.8, 4) is 0 Å². The molecule has 0 radical (unpaired) electrons. The minimum atomic E-state index is -0.924. The zero-order chi connectivity index (χ0) is 29.8. The Bertz CT molecular complexity index is 511. The first-order valence-electron chi connectivity index (χ1n) is 15.2. The maximum Gasteiger partial charge on any atom is 3.00 e. The molecule has 0 bridgehead atoms. The molecular formula is C33H57GaO6. The van der Waals surface area contributed by atoms with Crippen LogP contribution in [0.4, 0.5) is 0 Å². The number of hydrogen-bond donors (Lipinski definition) is 0. The Morgan fingerprint density at radius 1 is 0.375 bits per heavy atom. The molecule has 0 heterocycles. The maximum atomic E-state index is 10.1. The predicted octanol–water partition coefficient (Wildman–Crippen LogP) is 5.75. The summed E-state index contributed by atoms with van der Waals surface area (Å²) in [6, 6.07) is 0. The van der Waals surface area contributed by atoms with Crippen LogP contribution in [0.25, 0.3) is 0 Å². The van der Waals surface area contributed by atoms with E-state index >= 15 is 0 Å². The molecule has 0 aliphatic rings. The van der Waals surface area contributed by atoms with Gasteiger partial charge < -0.3 is 29.7 Å². The van der Waals surface area contributed by atoms with Crippen molar-refractivity contribution >= 4 is 37.7 Å². The number of allylic oxidation sites excluding steroid dienone is 3. The Morgan fingerprint density at radius 3 is 0.725 bits per heavy atom.